The number of nitrogens with one attached hydrogen (secondary N) is 2. The summed E-state index contributed by atoms with van der Waals surface area (Å²) in [5, 5.41) is 6.78. The largest absolute Gasteiger partial charge is 0.497 e. The maximum atomic E-state index is 5.82. The third-order valence-corrected chi connectivity index (χ3v) is 4.94. The fourth-order valence-electron chi connectivity index (χ4n) is 3.00. The summed E-state index contributed by atoms with van der Waals surface area (Å²) >= 11 is 0. The van der Waals surface area contributed by atoms with Crippen molar-refractivity contribution in [1.29, 1.82) is 0 Å². The summed E-state index contributed by atoms with van der Waals surface area (Å²) < 4.78 is 11.0. The van der Waals surface area contributed by atoms with Crippen molar-refractivity contribution in [2.45, 2.75) is 25.8 Å². The van der Waals surface area contributed by atoms with Crippen LogP contribution in [0.3, 0.4) is 0 Å². The van der Waals surface area contributed by atoms with Crippen molar-refractivity contribution >= 4 is 29.9 Å². The van der Waals surface area contributed by atoms with Gasteiger partial charge in [-0.25, -0.2) is 0 Å². The number of likely N-dealkylation sites (N-methyl/N-ethyl adjacent to an activating group) is 1. The van der Waals surface area contributed by atoms with Crippen molar-refractivity contribution < 1.29 is 9.47 Å². The van der Waals surface area contributed by atoms with Gasteiger partial charge >= 0.3 is 0 Å². The molecule has 6 nitrogen and oxygen atoms in total. The topological polar surface area (TPSA) is 58.1 Å². The summed E-state index contributed by atoms with van der Waals surface area (Å²) in [6.45, 7) is 5.36. The summed E-state index contributed by atoms with van der Waals surface area (Å²) in [7, 11) is 7.57. The number of benzene rings is 2. The molecule has 0 bridgehead atoms. The zero-order chi connectivity index (χ0) is 21.8. The number of rotatable bonds is 11. The minimum atomic E-state index is 0. The lowest BCUT2D eigenvalue weighted by atomic mass is 9.98. The zero-order valence-corrected chi connectivity index (χ0v) is 21.7. The standard InChI is InChI=1S/C24H36N4O2.HI/c1-19(21-9-11-22(29-5)12-10-21)13-14-26-24(25-2)27-18-20-7-6-8-23(17-20)30-16-15-28(3)4;/h6-12,17,19H,13-16,18H2,1-5H3,(H2,25,26,27);1H. The van der Waals surface area contributed by atoms with E-state index in [1.807, 2.05) is 38.4 Å². The van der Waals surface area contributed by atoms with Crippen LogP contribution >= 0.6 is 24.0 Å². The van der Waals surface area contributed by atoms with Gasteiger partial charge in [-0.2, -0.15) is 0 Å². The van der Waals surface area contributed by atoms with Gasteiger partial charge in [0, 0.05) is 26.7 Å². The first-order chi connectivity index (χ1) is 14.5. The number of ether oxygens (including phenoxy) is 2. The molecule has 0 fully saturated rings. The lowest BCUT2D eigenvalue weighted by molar-refractivity contribution is 0.261. The Labute approximate surface area is 204 Å². The molecule has 0 aliphatic carbocycles. The van der Waals surface area contributed by atoms with E-state index in [4.69, 9.17) is 9.47 Å². The molecule has 0 spiro atoms. The maximum absolute atomic E-state index is 5.82. The van der Waals surface area contributed by atoms with E-state index in [-0.39, 0.29) is 24.0 Å². The first-order valence-corrected chi connectivity index (χ1v) is 10.5. The Bertz CT molecular complexity index is 781. The van der Waals surface area contributed by atoms with Crippen molar-refractivity contribution in [2.75, 3.05) is 47.9 Å². The summed E-state index contributed by atoms with van der Waals surface area (Å²) in [5.74, 6) is 3.04. The molecule has 0 heterocycles. The Morgan fingerprint density at radius 1 is 1.06 bits per heavy atom. The lowest BCUT2D eigenvalue weighted by Gasteiger charge is -2.16. The molecule has 172 valence electrons. The molecule has 2 N–H and O–H groups in total. The summed E-state index contributed by atoms with van der Waals surface area (Å²) in [5.41, 5.74) is 2.47. The van der Waals surface area contributed by atoms with Gasteiger partial charge < -0.3 is 25.0 Å². The Hall–Kier alpha value is -2.00. The Kier molecular flexibility index (Phi) is 13.0. The SMILES string of the molecule is CN=C(NCCC(C)c1ccc(OC)cc1)NCc1cccc(OCCN(C)C)c1.I. The van der Waals surface area contributed by atoms with Crippen LogP contribution in [-0.4, -0.2) is 58.8 Å². The van der Waals surface area contributed by atoms with Gasteiger partial charge in [0.25, 0.3) is 0 Å². The molecule has 0 aliphatic rings. The lowest BCUT2D eigenvalue weighted by Crippen LogP contribution is -2.37. The molecular weight excluding hydrogens is 503 g/mol. The molecule has 0 aromatic heterocycles. The van der Waals surface area contributed by atoms with Crippen LogP contribution in [0.5, 0.6) is 11.5 Å². The highest BCUT2D eigenvalue weighted by atomic mass is 127. The molecule has 31 heavy (non-hydrogen) atoms. The molecule has 0 aliphatic heterocycles. The number of nitrogens with zero attached hydrogens (tertiary/aromatic N) is 2. The third kappa shape index (κ3) is 10.2. The van der Waals surface area contributed by atoms with Crippen LogP contribution in [0.4, 0.5) is 0 Å². The van der Waals surface area contributed by atoms with Crippen LogP contribution in [0.15, 0.2) is 53.5 Å². The van der Waals surface area contributed by atoms with Crippen molar-refractivity contribution in [3.05, 3.63) is 59.7 Å². The predicted molar refractivity (Wildman–Crippen MR) is 140 cm³/mol. The molecule has 0 amide bonds. The van der Waals surface area contributed by atoms with E-state index in [0.29, 0.717) is 19.1 Å². The molecule has 2 rings (SSSR count). The van der Waals surface area contributed by atoms with E-state index < -0.39 is 0 Å². The van der Waals surface area contributed by atoms with Crippen molar-refractivity contribution in [3.63, 3.8) is 0 Å². The molecule has 0 saturated carbocycles. The number of methoxy groups -OCH3 is 1. The molecule has 1 unspecified atom stereocenters. The fraction of sp³-hybridized carbons (Fsp3) is 0.458. The number of hydrogen-bond acceptors (Lipinski definition) is 4. The predicted octanol–water partition coefficient (Wildman–Crippen LogP) is 4.11. The summed E-state index contributed by atoms with van der Waals surface area (Å²) in [6, 6.07) is 16.5. The maximum Gasteiger partial charge on any atom is 0.191 e. The molecule has 1 atom stereocenters. The van der Waals surface area contributed by atoms with E-state index in [9.17, 15) is 0 Å². The third-order valence-electron chi connectivity index (χ3n) is 4.94. The Morgan fingerprint density at radius 3 is 2.45 bits per heavy atom. The molecule has 2 aromatic rings. The second kappa shape index (κ2) is 14.9. The first kappa shape index (κ1) is 27.0. The van der Waals surface area contributed by atoms with Crippen LogP contribution in [0.25, 0.3) is 0 Å². The minimum absolute atomic E-state index is 0. The van der Waals surface area contributed by atoms with Crippen LogP contribution < -0.4 is 20.1 Å². The van der Waals surface area contributed by atoms with E-state index in [0.717, 1.165) is 42.5 Å². The Balaban J connectivity index is 0.00000480. The van der Waals surface area contributed by atoms with Gasteiger partial charge in [0.15, 0.2) is 5.96 Å². The van der Waals surface area contributed by atoms with Gasteiger partial charge in [-0.15, -0.1) is 24.0 Å². The number of halogens is 1. The van der Waals surface area contributed by atoms with E-state index in [2.05, 4.69) is 51.7 Å². The summed E-state index contributed by atoms with van der Waals surface area (Å²) in [6.07, 6.45) is 1.02. The number of aliphatic imine (C=N–C) groups is 1. The number of guanidine groups is 1. The summed E-state index contributed by atoms with van der Waals surface area (Å²) in [4.78, 5) is 6.44. The van der Waals surface area contributed by atoms with Crippen molar-refractivity contribution in [2.24, 2.45) is 4.99 Å². The zero-order valence-electron chi connectivity index (χ0n) is 19.4. The highest BCUT2D eigenvalue weighted by molar-refractivity contribution is 14.0. The first-order valence-electron chi connectivity index (χ1n) is 10.5. The van der Waals surface area contributed by atoms with Gasteiger partial charge in [0.2, 0.25) is 0 Å². The smallest absolute Gasteiger partial charge is 0.191 e. The van der Waals surface area contributed by atoms with Crippen LogP contribution in [0.2, 0.25) is 0 Å². The normalized spacial score (nSPS) is 12.1. The van der Waals surface area contributed by atoms with Gasteiger partial charge in [-0.05, 0) is 61.8 Å². The highest BCUT2D eigenvalue weighted by Gasteiger charge is 2.07. The van der Waals surface area contributed by atoms with E-state index in [1.165, 1.54) is 5.56 Å². The Morgan fingerprint density at radius 2 is 1.81 bits per heavy atom. The molecular formula is C24H37IN4O2. The van der Waals surface area contributed by atoms with Gasteiger partial charge in [-0.1, -0.05) is 31.2 Å². The van der Waals surface area contributed by atoms with Gasteiger partial charge in [0.05, 0.1) is 7.11 Å². The highest BCUT2D eigenvalue weighted by Crippen LogP contribution is 2.21. The quantitative estimate of drug-likeness (QED) is 0.255. The van der Waals surface area contributed by atoms with Gasteiger partial charge in [-0.3, -0.25) is 4.99 Å². The monoisotopic (exact) mass is 540 g/mol. The van der Waals surface area contributed by atoms with Crippen LogP contribution in [0.1, 0.15) is 30.4 Å². The fourth-order valence-corrected chi connectivity index (χ4v) is 3.00. The van der Waals surface area contributed by atoms with Crippen molar-refractivity contribution in [3.8, 4) is 11.5 Å². The minimum Gasteiger partial charge on any atom is -0.497 e. The second-order valence-corrected chi connectivity index (χ2v) is 7.61. The number of hydrogen-bond donors (Lipinski definition) is 2. The molecule has 0 saturated heterocycles. The van der Waals surface area contributed by atoms with E-state index in [1.54, 1.807) is 14.2 Å². The average molecular weight is 540 g/mol. The molecule has 0 radical (unpaired) electrons. The van der Waals surface area contributed by atoms with Crippen LogP contribution in [-0.2, 0) is 6.54 Å². The molecule has 7 heteroatoms. The van der Waals surface area contributed by atoms with Crippen molar-refractivity contribution in [1.82, 2.24) is 15.5 Å². The molecule has 2 aromatic carbocycles. The second-order valence-electron chi connectivity index (χ2n) is 7.61. The van der Waals surface area contributed by atoms with E-state index >= 15 is 0 Å². The van der Waals surface area contributed by atoms with Crippen LogP contribution in [0, 0.1) is 0 Å². The van der Waals surface area contributed by atoms with Gasteiger partial charge in [0.1, 0.15) is 18.1 Å². The average Bonchev–Trinajstić information content (AvgIpc) is 2.76.